The molecule has 6 nitrogen and oxygen atoms in total. The quantitative estimate of drug-likeness (QED) is 0.255. The van der Waals surface area contributed by atoms with Gasteiger partial charge in [-0.1, -0.05) is 54.6 Å². The molecule has 0 aliphatic carbocycles. The Kier molecular flexibility index (Phi) is 7.69. The fourth-order valence-corrected chi connectivity index (χ4v) is 4.90. The van der Waals surface area contributed by atoms with E-state index >= 15 is 0 Å². The van der Waals surface area contributed by atoms with E-state index in [1.807, 2.05) is 42.5 Å². The summed E-state index contributed by atoms with van der Waals surface area (Å²) < 4.78 is 13.3. The van der Waals surface area contributed by atoms with Gasteiger partial charge in [-0.25, -0.2) is 0 Å². The van der Waals surface area contributed by atoms with Crippen LogP contribution in [0.4, 0.5) is 0 Å². The predicted molar refractivity (Wildman–Crippen MR) is 150 cm³/mol. The largest absolute Gasteiger partial charge is 0.493 e. The Bertz CT molecular complexity index is 1510. The van der Waals surface area contributed by atoms with E-state index in [1.165, 1.54) is 5.56 Å². The molecule has 3 aromatic carbocycles. The number of ether oxygens (including phenoxy) is 2. The molecule has 0 saturated carbocycles. The van der Waals surface area contributed by atoms with Crippen LogP contribution < -0.4 is 14.8 Å². The van der Waals surface area contributed by atoms with Crippen molar-refractivity contribution in [3.8, 4) is 11.5 Å². The van der Waals surface area contributed by atoms with E-state index in [0.29, 0.717) is 24.5 Å². The van der Waals surface area contributed by atoms with Gasteiger partial charge in [0.1, 0.15) is 0 Å². The second-order valence-corrected chi connectivity index (χ2v) is 9.22. The predicted octanol–water partition coefficient (Wildman–Crippen LogP) is 5.94. The maximum atomic E-state index is 13.3. The number of benzene rings is 3. The van der Waals surface area contributed by atoms with Gasteiger partial charge in [0.25, 0.3) is 0 Å². The van der Waals surface area contributed by atoms with Gasteiger partial charge in [-0.05, 0) is 52.6 Å². The van der Waals surface area contributed by atoms with Crippen molar-refractivity contribution >= 4 is 16.8 Å². The number of pyridine rings is 1. The van der Waals surface area contributed by atoms with E-state index < -0.39 is 0 Å². The molecule has 192 valence electrons. The average molecular weight is 506 g/mol. The number of fused-ring (bicyclic) bond motifs is 1. The summed E-state index contributed by atoms with van der Waals surface area (Å²) in [7, 11) is 3.25. The van der Waals surface area contributed by atoms with Crippen molar-refractivity contribution in [3.63, 3.8) is 0 Å². The molecule has 0 bridgehead atoms. The van der Waals surface area contributed by atoms with Crippen molar-refractivity contribution in [3.05, 3.63) is 126 Å². The molecule has 38 heavy (non-hydrogen) atoms. The van der Waals surface area contributed by atoms with Crippen LogP contribution in [0.2, 0.25) is 0 Å². The van der Waals surface area contributed by atoms with Crippen LogP contribution in [0.5, 0.6) is 11.5 Å². The van der Waals surface area contributed by atoms with Crippen molar-refractivity contribution < 1.29 is 14.3 Å². The Morgan fingerprint density at radius 3 is 2.37 bits per heavy atom. The van der Waals surface area contributed by atoms with Crippen LogP contribution in [0.3, 0.4) is 0 Å². The van der Waals surface area contributed by atoms with Crippen molar-refractivity contribution in [1.82, 2.24) is 14.9 Å². The summed E-state index contributed by atoms with van der Waals surface area (Å²) >= 11 is 0. The van der Waals surface area contributed by atoms with Crippen molar-refractivity contribution in [1.29, 1.82) is 0 Å². The van der Waals surface area contributed by atoms with Gasteiger partial charge in [-0.3, -0.25) is 9.78 Å². The lowest BCUT2D eigenvalue weighted by molar-refractivity contribution is -0.121. The zero-order chi connectivity index (χ0) is 26.3. The number of nitrogens with one attached hydrogen (secondary N) is 1. The Hall–Kier alpha value is -4.58. The SMILES string of the molecule is COc1ccc(C(CC(=O)NCc2ccncc2)c2cn(Cc3ccccc3)c3ccccc23)cc1OC. The minimum atomic E-state index is -0.186. The number of amides is 1. The van der Waals surface area contributed by atoms with Crippen molar-refractivity contribution in [2.24, 2.45) is 0 Å². The molecule has 5 rings (SSSR count). The molecule has 5 aromatic rings. The summed E-state index contributed by atoms with van der Waals surface area (Å²) in [4.78, 5) is 17.4. The van der Waals surface area contributed by atoms with Gasteiger partial charge in [0.05, 0.1) is 14.2 Å². The Labute approximate surface area is 222 Å². The van der Waals surface area contributed by atoms with Crippen molar-refractivity contribution in [2.75, 3.05) is 14.2 Å². The normalized spacial score (nSPS) is 11.7. The zero-order valence-corrected chi connectivity index (χ0v) is 21.6. The molecule has 6 heteroatoms. The van der Waals surface area contributed by atoms with Crippen molar-refractivity contribution in [2.45, 2.75) is 25.4 Å². The molecule has 1 unspecified atom stereocenters. The number of hydrogen-bond acceptors (Lipinski definition) is 4. The molecule has 0 radical (unpaired) electrons. The highest BCUT2D eigenvalue weighted by molar-refractivity contribution is 5.87. The smallest absolute Gasteiger partial charge is 0.221 e. The third-order valence-corrected chi connectivity index (χ3v) is 6.83. The number of carbonyl (C=O) groups excluding carboxylic acids is 1. The zero-order valence-electron chi connectivity index (χ0n) is 21.6. The summed E-state index contributed by atoms with van der Waals surface area (Å²) in [5.41, 5.74) is 5.45. The van der Waals surface area contributed by atoms with Gasteiger partial charge in [-0.2, -0.15) is 0 Å². The van der Waals surface area contributed by atoms with Crippen LogP contribution in [0.1, 0.15) is 34.6 Å². The number of nitrogens with zero attached hydrogens (tertiary/aromatic N) is 2. The number of rotatable bonds is 10. The van der Waals surface area contributed by atoms with Gasteiger partial charge in [-0.15, -0.1) is 0 Å². The molecule has 2 aromatic heterocycles. The van der Waals surface area contributed by atoms with Crippen LogP contribution in [0, 0.1) is 0 Å². The molecule has 1 amide bonds. The maximum Gasteiger partial charge on any atom is 0.221 e. The first-order valence-corrected chi connectivity index (χ1v) is 12.7. The summed E-state index contributed by atoms with van der Waals surface area (Å²) in [5.74, 6) is 1.08. The topological polar surface area (TPSA) is 65.4 Å². The van der Waals surface area contributed by atoms with Crippen LogP contribution in [0.15, 0.2) is 104 Å². The number of carbonyl (C=O) groups is 1. The van der Waals surface area contributed by atoms with E-state index in [2.05, 4.69) is 63.5 Å². The average Bonchev–Trinajstić information content (AvgIpc) is 3.33. The van der Waals surface area contributed by atoms with Crippen LogP contribution in [-0.2, 0) is 17.9 Å². The second-order valence-electron chi connectivity index (χ2n) is 9.22. The molecule has 1 N–H and O–H groups in total. The van der Waals surface area contributed by atoms with Crippen LogP contribution in [0.25, 0.3) is 10.9 Å². The highest BCUT2D eigenvalue weighted by Gasteiger charge is 2.24. The maximum absolute atomic E-state index is 13.3. The monoisotopic (exact) mass is 505 g/mol. The molecule has 0 aliphatic rings. The van der Waals surface area contributed by atoms with Gasteiger partial charge >= 0.3 is 0 Å². The first kappa shape index (κ1) is 25.1. The summed E-state index contributed by atoms with van der Waals surface area (Å²) in [6.07, 6.45) is 5.94. The molecular formula is C32H31N3O3. The summed E-state index contributed by atoms with van der Waals surface area (Å²) in [5, 5.41) is 4.22. The summed E-state index contributed by atoms with van der Waals surface area (Å²) in [6.45, 7) is 1.20. The Morgan fingerprint density at radius 1 is 0.868 bits per heavy atom. The summed E-state index contributed by atoms with van der Waals surface area (Å²) in [6, 6.07) is 28.5. The van der Waals surface area contributed by atoms with E-state index in [-0.39, 0.29) is 11.8 Å². The van der Waals surface area contributed by atoms with Gasteiger partial charge in [0.15, 0.2) is 11.5 Å². The molecule has 1 atom stereocenters. The first-order chi connectivity index (χ1) is 18.7. The molecule has 0 aliphatic heterocycles. The minimum Gasteiger partial charge on any atom is -0.493 e. The minimum absolute atomic E-state index is 0.0264. The fourth-order valence-electron chi connectivity index (χ4n) is 4.90. The molecule has 0 spiro atoms. The molecular weight excluding hydrogens is 474 g/mol. The number of para-hydroxylation sites is 1. The third-order valence-electron chi connectivity index (χ3n) is 6.83. The second kappa shape index (κ2) is 11.6. The van der Waals surface area contributed by atoms with Gasteiger partial charge in [0.2, 0.25) is 5.91 Å². The first-order valence-electron chi connectivity index (χ1n) is 12.7. The molecule has 0 fully saturated rings. The third kappa shape index (κ3) is 5.54. The lowest BCUT2D eigenvalue weighted by Gasteiger charge is -2.19. The lowest BCUT2D eigenvalue weighted by atomic mass is 9.87. The number of hydrogen-bond donors (Lipinski definition) is 1. The van der Waals surface area contributed by atoms with E-state index in [4.69, 9.17) is 9.47 Å². The fraction of sp³-hybridized carbons (Fsp3) is 0.188. The van der Waals surface area contributed by atoms with E-state index in [9.17, 15) is 4.79 Å². The highest BCUT2D eigenvalue weighted by Crippen LogP contribution is 2.38. The molecule has 0 saturated heterocycles. The standard InChI is InChI=1S/C32H31N3O3/c1-37-30-13-12-25(18-31(30)38-2)27(19-32(36)34-20-23-14-16-33-17-15-23)28-22-35(21-24-8-4-3-5-9-24)29-11-7-6-10-26(28)29/h3-18,22,27H,19-21H2,1-2H3,(H,34,36). The Morgan fingerprint density at radius 2 is 1.61 bits per heavy atom. The van der Waals surface area contributed by atoms with E-state index in [0.717, 1.165) is 34.1 Å². The van der Waals surface area contributed by atoms with Gasteiger partial charge < -0.3 is 19.4 Å². The van der Waals surface area contributed by atoms with Gasteiger partial charge in [0, 0.05) is 54.9 Å². The number of methoxy groups -OCH3 is 2. The lowest BCUT2D eigenvalue weighted by Crippen LogP contribution is -2.25. The Balaban J connectivity index is 1.53. The molecule has 2 heterocycles. The van der Waals surface area contributed by atoms with Crippen LogP contribution >= 0.6 is 0 Å². The van der Waals surface area contributed by atoms with Crippen LogP contribution in [-0.4, -0.2) is 29.7 Å². The number of aromatic nitrogens is 2. The van der Waals surface area contributed by atoms with E-state index in [1.54, 1.807) is 26.6 Å². The highest BCUT2D eigenvalue weighted by atomic mass is 16.5.